The third kappa shape index (κ3) is 3.56. The maximum absolute atomic E-state index is 12.4. The lowest BCUT2D eigenvalue weighted by Crippen LogP contribution is -2.03. The molecule has 0 atom stereocenters. The van der Waals surface area contributed by atoms with Gasteiger partial charge in [0, 0.05) is 11.8 Å². The fourth-order valence-electron chi connectivity index (χ4n) is 2.53. The first-order chi connectivity index (χ1) is 11.8. The molecular weight excluding hydrogens is 305 g/mol. The van der Waals surface area contributed by atoms with E-state index < -0.39 is 6.67 Å². The van der Waals surface area contributed by atoms with Crippen molar-refractivity contribution in [2.45, 2.75) is 26.6 Å². The van der Waals surface area contributed by atoms with Crippen LogP contribution in [0.2, 0.25) is 0 Å². The molecule has 0 amide bonds. The van der Waals surface area contributed by atoms with Crippen molar-refractivity contribution in [3.63, 3.8) is 0 Å². The number of alkyl halides is 1. The van der Waals surface area contributed by atoms with Gasteiger partial charge in [-0.1, -0.05) is 37.3 Å². The molecule has 0 saturated heterocycles. The number of halogens is 1. The first kappa shape index (κ1) is 16.1. The topological polar surface area (TPSA) is 47.9 Å². The van der Waals surface area contributed by atoms with Crippen LogP contribution in [0.3, 0.4) is 0 Å². The lowest BCUT2D eigenvalue weighted by Gasteiger charge is -2.13. The highest BCUT2D eigenvalue weighted by Gasteiger charge is 2.10. The summed E-state index contributed by atoms with van der Waals surface area (Å²) >= 11 is 0. The fourth-order valence-corrected chi connectivity index (χ4v) is 2.53. The second-order valence-corrected chi connectivity index (χ2v) is 5.27. The average molecular weight is 323 g/mol. The first-order valence-corrected chi connectivity index (χ1v) is 7.83. The Morgan fingerprint density at radius 2 is 1.71 bits per heavy atom. The number of hydrogen-bond donors (Lipinski definition) is 0. The van der Waals surface area contributed by atoms with Gasteiger partial charge in [-0.15, -0.1) is 0 Å². The molecule has 0 radical (unpaired) electrons. The smallest absolute Gasteiger partial charge is 0.159 e. The first-order valence-electron chi connectivity index (χ1n) is 7.83. The lowest BCUT2D eigenvalue weighted by molar-refractivity contribution is 0.298. The summed E-state index contributed by atoms with van der Waals surface area (Å²) in [6.07, 6.45) is 5.65. The zero-order chi connectivity index (χ0) is 16.8. The van der Waals surface area contributed by atoms with Gasteiger partial charge in [0.05, 0.1) is 18.1 Å². The molecule has 122 valence electrons. The van der Waals surface area contributed by atoms with Crippen LogP contribution >= 0.6 is 0 Å². The van der Waals surface area contributed by atoms with Crippen LogP contribution in [0.4, 0.5) is 4.39 Å². The van der Waals surface area contributed by atoms with Gasteiger partial charge in [0.15, 0.2) is 11.6 Å². The standard InChI is InChI=1S/C19H18FN3O/c1-2-14-6-3-4-7-16(14)17-8-5-9-21-18(17)13-24-15-11-22-19(10-20)23-12-15/h3-9,11-12H,2,10,13H2,1H3. The van der Waals surface area contributed by atoms with Crippen molar-refractivity contribution in [2.75, 3.05) is 0 Å². The number of hydrogen-bond acceptors (Lipinski definition) is 4. The Labute approximate surface area is 140 Å². The third-order valence-electron chi connectivity index (χ3n) is 3.76. The predicted molar refractivity (Wildman–Crippen MR) is 90.2 cm³/mol. The van der Waals surface area contributed by atoms with Crippen LogP contribution in [0, 0.1) is 0 Å². The zero-order valence-corrected chi connectivity index (χ0v) is 13.4. The third-order valence-corrected chi connectivity index (χ3v) is 3.76. The molecule has 0 bridgehead atoms. The highest BCUT2D eigenvalue weighted by molar-refractivity contribution is 5.69. The van der Waals surface area contributed by atoms with Crippen molar-refractivity contribution in [1.82, 2.24) is 15.0 Å². The number of ether oxygens (including phenoxy) is 1. The Bertz CT molecular complexity index is 806. The van der Waals surface area contributed by atoms with Crippen molar-refractivity contribution < 1.29 is 9.13 Å². The SMILES string of the molecule is CCc1ccccc1-c1cccnc1COc1cnc(CF)nc1. The lowest BCUT2D eigenvalue weighted by atomic mass is 9.97. The van der Waals surface area contributed by atoms with Gasteiger partial charge in [-0.25, -0.2) is 14.4 Å². The van der Waals surface area contributed by atoms with E-state index in [1.54, 1.807) is 6.20 Å². The molecule has 4 nitrogen and oxygen atoms in total. The Balaban J connectivity index is 1.84. The molecule has 5 heteroatoms. The normalized spacial score (nSPS) is 10.6. The van der Waals surface area contributed by atoms with E-state index in [2.05, 4.69) is 34.0 Å². The van der Waals surface area contributed by atoms with E-state index >= 15 is 0 Å². The van der Waals surface area contributed by atoms with Crippen molar-refractivity contribution in [1.29, 1.82) is 0 Å². The second-order valence-electron chi connectivity index (χ2n) is 5.27. The highest BCUT2D eigenvalue weighted by atomic mass is 19.1. The van der Waals surface area contributed by atoms with Crippen LogP contribution in [-0.2, 0) is 19.7 Å². The van der Waals surface area contributed by atoms with E-state index in [4.69, 9.17) is 4.74 Å². The van der Waals surface area contributed by atoms with Crippen LogP contribution < -0.4 is 4.74 Å². The van der Waals surface area contributed by atoms with E-state index in [1.165, 1.54) is 18.0 Å². The number of aryl methyl sites for hydroxylation is 1. The molecule has 0 aliphatic heterocycles. The Morgan fingerprint density at radius 1 is 0.958 bits per heavy atom. The van der Waals surface area contributed by atoms with Crippen LogP contribution in [0.1, 0.15) is 24.0 Å². The van der Waals surface area contributed by atoms with E-state index in [0.29, 0.717) is 12.4 Å². The molecule has 2 heterocycles. The number of aromatic nitrogens is 3. The van der Waals surface area contributed by atoms with Crippen molar-refractivity contribution in [2.24, 2.45) is 0 Å². The summed E-state index contributed by atoms with van der Waals surface area (Å²) < 4.78 is 18.2. The summed E-state index contributed by atoms with van der Waals surface area (Å²) in [5.41, 5.74) is 4.32. The summed E-state index contributed by atoms with van der Waals surface area (Å²) in [6.45, 7) is 1.75. The molecule has 0 saturated carbocycles. The van der Waals surface area contributed by atoms with Crippen molar-refractivity contribution in [3.8, 4) is 16.9 Å². The largest absolute Gasteiger partial charge is 0.484 e. The van der Waals surface area contributed by atoms with E-state index in [9.17, 15) is 4.39 Å². The number of pyridine rings is 1. The monoisotopic (exact) mass is 323 g/mol. The quantitative estimate of drug-likeness (QED) is 0.684. The van der Waals surface area contributed by atoms with Gasteiger partial charge >= 0.3 is 0 Å². The van der Waals surface area contributed by atoms with Gasteiger partial charge in [0.25, 0.3) is 0 Å². The molecule has 3 aromatic rings. The molecule has 24 heavy (non-hydrogen) atoms. The van der Waals surface area contributed by atoms with E-state index in [-0.39, 0.29) is 5.82 Å². The maximum atomic E-state index is 12.4. The number of nitrogens with zero attached hydrogens (tertiary/aromatic N) is 3. The van der Waals surface area contributed by atoms with Gasteiger partial charge in [-0.05, 0) is 23.6 Å². The summed E-state index contributed by atoms with van der Waals surface area (Å²) in [5.74, 6) is 0.644. The molecular formula is C19H18FN3O. The van der Waals surface area contributed by atoms with Crippen molar-refractivity contribution in [3.05, 3.63) is 72.1 Å². The van der Waals surface area contributed by atoms with Crippen LogP contribution in [0.15, 0.2) is 55.0 Å². The molecule has 3 rings (SSSR count). The second kappa shape index (κ2) is 7.64. The highest BCUT2D eigenvalue weighted by Crippen LogP contribution is 2.27. The van der Waals surface area contributed by atoms with Gasteiger partial charge in [0.2, 0.25) is 0 Å². The van der Waals surface area contributed by atoms with Gasteiger partial charge in [-0.3, -0.25) is 4.98 Å². The minimum Gasteiger partial charge on any atom is -0.484 e. The number of benzene rings is 1. The minimum atomic E-state index is -0.682. The Kier molecular flexibility index (Phi) is 5.11. The fraction of sp³-hybridized carbons (Fsp3) is 0.211. The van der Waals surface area contributed by atoms with Crippen molar-refractivity contribution >= 4 is 0 Å². The molecule has 0 fully saturated rings. The van der Waals surface area contributed by atoms with Gasteiger partial charge < -0.3 is 4.74 Å². The molecule has 0 spiro atoms. The van der Waals surface area contributed by atoms with E-state index in [1.807, 2.05) is 24.3 Å². The molecule has 0 aliphatic carbocycles. The van der Waals surface area contributed by atoms with Crippen LogP contribution in [0.25, 0.3) is 11.1 Å². The minimum absolute atomic E-state index is 0.151. The summed E-state index contributed by atoms with van der Waals surface area (Å²) in [7, 11) is 0. The molecule has 0 aliphatic rings. The summed E-state index contributed by atoms with van der Waals surface area (Å²) in [6, 6.07) is 12.2. The summed E-state index contributed by atoms with van der Waals surface area (Å²) in [5, 5.41) is 0. The molecule has 1 aromatic carbocycles. The summed E-state index contributed by atoms with van der Waals surface area (Å²) in [4.78, 5) is 12.2. The van der Waals surface area contributed by atoms with Gasteiger partial charge in [-0.2, -0.15) is 0 Å². The Morgan fingerprint density at radius 3 is 2.46 bits per heavy atom. The van der Waals surface area contributed by atoms with Gasteiger partial charge in [0.1, 0.15) is 13.3 Å². The maximum Gasteiger partial charge on any atom is 0.159 e. The zero-order valence-electron chi connectivity index (χ0n) is 13.4. The van der Waals surface area contributed by atoms with Crippen LogP contribution in [-0.4, -0.2) is 15.0 Å². The Hall–Kier alpha value is -2.82. The molecule has 0 N–H and O–H groups in total. The molecule has 2 aromatic heterocycles. The van der Waals surface area contributed by atoms with E-state index in [0.717, 1.165) is 23.2 Å². The predicted octanol–water partition coefficient (Wildman–Crippen LogP) is 4.15. The van der Waals surface area contributed by atoms with Crippen LogP contribution in [0.5, 0.6) is 5.75 Å². The molecule has 0 unspecified atom stereocenters. The number of rotatable bonds is 6. The average Bonchev–Trinajstić information content (AvgIpc) is 2.67.